The molecule has 0 bridgehead atoms. The van der Waals surface area contributed by atoms with Crippen LogP contribution in [0.5, 0.6) is 0 Å². The van der Waals surface area contributed by atoms with E-state index in [1.807, 2.05) is 19.2 Å². The van der Waals surface area contributed by atoms with Gasteiger partial charge in [0.2, 0.25) is 11.8 Å². The van der Waals surface area contributed by atoms with Crippen molar-refractivity contribution >= 4 is 23.2 Å². The Labute approximate surface area is 123 Å². The molecule has 2 unspecified atom stereocenters. The van der Waals surface area contributed by atoms with Gasteiger partial charge in [0.25, 0.3) is 0 Å². The van der Waals surface area contributed by atoms with Gasteiger partial charge in [0.1, 0.15) is 16.6 Å². The number of hydrogen-bond donors (Lipinski definition) is 1. The molecule has 2 atom stereocenters. The number of thiazole rings is 1. The molecule has 1 aliphatic rings. The first-order valence-electron chi connectivity index (χ1n) is 7.03. The van der Waals surface area contributed by atoms with E-state index in [0.29, 0.717) is 19.4 Å². The predicted octanol–water partition coefficient (Wildman–Crippen LogP) is 1.94. The molecule has 0 saturated carbocycles. The lowest BCUT2D eigenvalue weighted by molar-refractivity contribution is -0.155. The van der Waals surface area contributed by atoms with E-state index in [1.54, 1.807) is 18.0 Å². The summed E-state index contributed by atoms with van der Waals surface area (Å²) in [7, 11) is 0. The number of carbonyl (C=O) groups is 2. The third kappa shape index (κ3) is 2.70. The molecule has 2 amide bonds. The number of piperazine rings is 1. The zero-order chi connectivity index (χ0) is 14.8. The van der Waals surface area contributed by atoms with E-state index in [-0.39, 0.29) is 17.9 Å². The van der Waals surface area contributed by atoms with Crippen molar-refractivity contribution in [2.24, 2.45) is 0 Å². The zero-order valence-electron chi connectivity index (χ0n) is 12.2. The van der Waals surface area contributed by atoms with E-state index in [9.17, 15) is 9.59 Å². The Morgan fingerprint density at radius 3 is 2.75 bits per heavy atom. The third-order valence-electron chi connectivity index (χ3n) is 3.87. The van der Waals surface area contributed by atoms with E-state index < -0.39 is 5.54 Å². The Morgan fingerprint density at radius 1 is 1.45 bits per heavy atom. The summed E-state index contributed by atoms with van der Waals surface area (Å²) < 4.78 is 0. The van der Waals surface area contributed by atoms with Crippen molar-refractivity contribution in [3.63, 3.8) is 0 Å². The van der Waals surface area contributed by atoms with E-state index in [0.717, 1.165) is 11.4 Å². The third-order valence-corrected chi connectivity index (χ3v) is 4.63. The summed E-state index contributed by atoms with van der Waals surface area (Å²) in [6, 6.07) is -0.379. The Kier molecular flexibility index (Phi) is 4.42. The van der Waals surface area contributed by atoms with Gasteiger partial charge in [-0.25, -0.2) is 4.98 Å². The highest BCUT2D eigenvalue weighted by molar-refractivity contribution is 7.09. The van der Waals surface area contributed by atoms with Crippen LogP contribution in [0.4, 0.5) is 0 Å². The zero-order valence-corrected chi connectivity index (χ0v) is 13.0. The maximum absolute atomic E-state index is 12.7. The first-order valence-corrected chi connectivity index (χ1v) is 7.91. The average Bonchev–Trinajstić information content (AvgIpc) is 2.93. The molecule has 0 aliphatic carbocycles. The van der Waals surface area contributed by atoms with Crippen LogP contribution in [-0.2, 0) is 16.1 Å². The largest absolute Gasteiger partial charge is 0.340 e. The molecule has 0 spiro atoms. The number of aromatic nitrogens is 1. The molecule has 2 rings (SSSR count). The molecule has 0 radical (unpaired) electrons. The number of rotatable bonds is 5. The minimum Gasteiger partial charge on any atom is -0.340 e. The van der Waals surface area contributed by atoms with Gasteiger partial charge in [0.05, 0.1) is 6.54 Å². The number of amides is 2. The molecule has 1 aliphatic heterocycles. The molecule has 1 aromatic heterocycles. The van der Waals surface area contributed by atoms with Crippen molar-refractivity contribution in [3.8, 4) is 0 Å². The Hall–Kier alpha value is -1.43. The lowest BCUT2D eigenvalue weighted by Gasteiger charge is -2.43. The highest BCUT2D eigenvalue weighted by atomic mass is 32.1. The molecule has 1 fully saturated rings. The second-order valence-corrected chi connectivity index (χ2v) is 6.32. The molecular weight excluding hydrogens is 274 g/mol. The van der Waals surface area contributed by atoms with Gasteiger partial charge in [0, 0.05) is 11.6 Å². The molecule has 6 heteroatoms. The van der Waals surface area contributed by atoms with Crippen molar-refractivity contribution in [2.75, 3.05) is 0 Å². The summed E-state index contributed by atoms with van der Waals surface area (Å²) in [6.07, 6.45) is 3.86. The fourth-order valence-corrected chi connectivity index (χ4v) is 3.08. The van der Waals surface area contributed by atoms with Gasteiger partial charge < -0.3 is 10.2 Å². The van der Waals surface area contributed by atoms with Crippen molar-refractivity contribution in [2.45, 2.75) is 58.2 Å². The molecule has 1 saturated heterocycles. The van der Waals surface area contributed by atoms with Crippen molar-refractivity contribution < 1.29 is 9.59 Å². The summed E-state index contributed by atoms with van der Waals surface area (Å²) >= 11 is 1.51. The molecular formula is C14H21N3O2S. The van der Waals surface area contributed by atoms with Gasteiger partial charge in [-0.3, -0.25) is 9.59 Å². The van der Waals surface area contributed by atoms with Crippen molar-refractivity contribution in [1.82, 2.24) is 15.2 Å². The summed E-state index contributed by atoms with van der Waals surface area (Å²) in [4.78, 5) is 31.0. The number of nitrogens with zero attached hydrogens (tertiary/aromatic N) is 2. The molecule has 2 heterocycles. The minimum atomic E-state index is -0.793. The maximum atomic E-state index is 12.7. The normalized spacial score (nSPS) is 26.8. The van der Waals surface area contributed by atoms with Gasteiger partial charge >= 0.3 is 0 Å². The van der Waals surface area contributed by atoms with E-state index in [1.165, 1.54) is 11.3 Å². The van der Waals surface area contributed by atoms with Crippen LogP contribution < -0.4 is 5.32 Å². The molecule has 1 N–H and O–H groups in total. The van der Waals surface area contributed by atoms with Crippen LogP contribution in [0.25, 0.3) is 0 Å². The Morgan fingerprint density at radius 2 is 2.20 bits per heavy atom. The van der Waals surface area contributed by atoms with Gasteiger partial charge in [-0.1, -0.05) is 20.3 Å². The monoisotopic (exact) mass is 295 g/mol. The number of hydrogen-bond acceptors (Lipinski definition) is 4. The fourth-order valence-electron chi connectivity index (χ4n) is 2.47. The molecule has 20 heavy (non-hydrogen) atoms. The first-order chi connectivity index (χ1) is 9.51. The highest BCUT2D eigenvalue weighted by Gasteiger charge is 2.46. The second kappa shape index (κ2) is 5.91. The van der Waals surface area contributed by atoms with Gasteiger partial charge in [0.15, 0.2) is 0 Å². The predicted molar refractivity (Wildman–Crippen MR) is 78.2 cm³/mol. The van der Waals surface area contributed by atoms with E-state index in [2.05, 4.69) is 10.3 Å². The number of carbonyl (C=O) groups excluding carboxylic acids is 2. The summed E-state index contributed by atoms with van der Waals surface area (Å²) in [6.45, 7) is 6.15. The van der Waals surface area contributed by atoms with Gasteiger partial charge in [-0.2, -0.15) is 0 Å². The molecule has 0 aromatic carbocycles. The maximum Gasteiger partial charge on any atom is 0.249 e. The standard InChI is InChI=1S/C14H21N3O2S/c1-4-6-10-12(18)16-14(3,5-2)13(19)17(10)9-11-15-7-8-20-11/h7-8,10H,4-6,9H2,1-3H3,(H,16,18). The van der Waals surface area contributed by atoms with E-state index >= 15 is 0 Å². The molecule has 110 valence electrons. The quantitative estimate of drug-likeness (QED) is 0.903. The van der Waals surface area contributed by atoms with Crippen LogP contribution in [0.2, 0.25) is 0 Å². The van der Waals surface area contributed by atoms with Crippen LogP contribution in [0.3, 0.4) is 0 Å². The van der Waals surface area contributed by atoms with Crippen LogP contribution in [0, 0.1) is 0 Å². The summed E-state index contributed by atoms with van der Waals surface area (Å²) in [5, 5.41) is 5.64. The lowest BCUT2D eigenvalue weighted by atomic mass is 9.90. The van der Waals surface area contributed by atoms with Gasteiger partial charge in [-0.15, -0.1) is 11.3 Å². The van der Waals surface area contributed by atoms with Crippen LogP contribution in [0.15, 0.2) is 11.6 Å². The van der Waals surface area contributed by atoms with Crippen LogP contribution in [0.1, 0.15) is 45.0 Å². The average molecular weight is 295 g/mol. The van der Waals surface area contributed by atoms with Crippen LogP contribution >= 0.6 is 11.3 Å². The first kappa shape index (κ1) is 15.0. The van der Waals surface area contributed by atoms with Gasteiger partial charge in [-0.05, 0) is 19.8 Å². The Balaban J connectivity index is 2.28. The van der Waals surface area contributed by atoms with Crippen LogP contribution in [-0.4, -0.2) is 33.3 Å². The second-order valence-electron chi connectivity index (χ2n) is 5.34. The molecule has 1 aromatic rings. The summed E-state index contributed by atoms with van der Waals surface area (Å²) in [5.74, 6) is -0.0550. The van der Waals surface area contributed by atoms with Crippen molar-refractivity contribution in [1.29, 1.82) is 0 Å². The SMILES string of the molecule is CCCC1C(=O)NC(C)(CC)C(=O)N1Cc1nccs1. The number of nitrogens with one attached hydrogen (secondary N) is 1. The topological polar surface area (TPSA) is 62.3 Å². The minimum absolute atomic E-state index is 0.00625. The molecule has 5 nitrogen and oxygen atoms in total. The van der Waals surface area contributed by atoms with Crippen molar-refractivity contribution in [3.05, 3.63) is 16.6 Å². The Bertz CT molecular complexity index is 489. The van der Waals surface area contributed by atoms with E-state index in [4.69, 9.17) is 0 Å². The fraction of sp³-hybridized carbons (Fsp3) is 0.643. The summed E-state index contributed by atoms with van der Waals surface area (Å²) in [5.41, 5.74) is -0.793. The lowest BCUT2D eigenvalue weighted by Crippen LogP contribution is -2.68. The highest BCUT2D eigenvalue weighted by Crippen LogP contribution is 2.25. The smallest absolute Gasteiger partial charge is 0.249 e.